The van der Waals surface area contributed by atoms with Crippen LogP contribution in [0.25, 0.3) is 0 Å². The number of amides is 2. The van der Waals surface area contributed by atoms with Crippen molar-refractivity contribution in [1.82, 2.24) is 5.43 Å². The fraction of sp³-hybridized carbons (Fsp3) is 0. The Balaban J connectivity index is 1.46. The maximum atomic E-state index is 12.4. The standard InChI is InChI=1S/C21H14IN3O3/c22-14-8-11-18-17(12-14)19(21(27)23-18)24-25-20(26)13-6-9-16(10-7-13)28-15-4-2-1-3-5-15/h1-12H,(H,25,26)(H,23,24,27). The summed E-state index contributed by atoms with van der Waals surface area (Å²) in [6.07, 6.45) is 0. The van der Waals surface area contributed by atoms with Crippen LogP contribution in [0, 0.1) is 3.57 Å². The van der Waals surface area contributed by atoms with E-state index in [2.05, 4.69) is 38.4 Å². The number of nitrogens with zero attached hydrogens (tertiary/aromatic N) is 1. The molecule has 0 saturated heterocycles. The fourth-order valence-electron chi connectivity index (χ4n) is 2.71. The van der Waals surface area contributed by atoms with Crippen LogP contribution in [-0.2, 0) is 4.79 Å². The van der Waals surface area contributed by atoms with Gasteiger partial charge in [-0.1, -0.05) is 18.2 Å². The van der Waals surface area contributed by atoms with Crippen molar-refractivity contribution >= 4 is 45.8 Å². The van der Waals surface area contributed by atoms with Crippen molar-refractivity contribution in [3.8, 4) is 11.5 Å². The number of halogens is 1. The first-order chi connectivity index (χ1) is 13.6. The first kappa shape index (κ1) is 18.2. The number of hydrogen-bond acceptors (Lipinski definition) is 4. The highest BCUT2D eigenvalue weighted by molar-refractivity contribution is 14.1. The molecule has 3 aromatic carbocycles. The smallest absolute Gasteiger partial charge is 0.276 e. The molecule has 4 rings (SSSR count). The Kier molecular flexibility index (Phi) is 5.07. The van der Waals surface area contributed by atoms with E-state index in [1.165, 1.54) is 0 Å². The lowest BCUT2D eigenvalue weighted by molar-refractivity contribution is -0.110. The Hall–Kier alpha value is -3.20. The molecule has 0 atom stereocenters. The highest BCUT2D eigenvalue weighted by Crippen LogP contribution is 2.25. The van der Waals surface area contributed by atoms with Crippen LogP contribution in [0.4, 0.5) is 5.69 Å². The van der Waals surface area contributed by atoms with E-state index >= 15 is 0 Å². The van der Waals surface area contributed by atoms with Crippen LogP contribution in [0.15, 0.2) is 77.9 Å². The quantitative estimate of drug-likeness (QED) is 0.432. The molecule has 138 valence electrons. The highest BCUT2D eigenvalue weighted by Gasteiger charge is 2.26. The normalized spacial score (nSPS) is 13.8. The second-order valence-electron chi connectivity index (χ2n) is 5.98. The summed E-state index contributed by atoms with van der Waals surface area (Å²) in [4.78, 5) is 24.5. The number of fused-ring (bicyclic) bond motifs is 1. The summed E-state index contributed by atoms with van der Waals surface area (Å²) in [5, 5.41) is 6.75. The van der Waals surface area contributed by atoms with Crippen molar-refractivity contribution < 1.29 is 14.3 Å². The van der Waals surface area contributed by atoms with E-state index in [0.717, 1.165) is 3.57 Å². The van der Waals surface area contributed by atoms with E-state index in [-0.39, 0.29) is 11.6 Å². The summed E-state index contributed by atoms with van der Waals surface area (Å²) in [7, 11) is 0. The summed E-state index contributed by atoms with van der Waals surface area (Å²) >= 11 is 2.16. The van der Waals surface area contributed by atoms with Crippen LogP contribution in [0.3, 0.4) is 0 Å². The fourth-order valence-corrected chi connectivity index (χ4v) is 3.20. The summed E-state index contributed by atoms with van der Waals surface area (Å²) in [6.45, 7) is 0. The number of benzene rings is 3. The molecule has 6 nitrogen and oxygen atoms in total. The molecule has 0 unspecified atom stereocenters. The molecule has 0 saturated carbocycles. The number of nitrogens with one attached hydrogen (secondary N) is 2. The van der Waals surface area contributed by atoms with Crippen molar-refractivity contribution in [2.45, 2.75) is 0 Å². The van der Waals surface area contributed by atoms with Crippen molar-refractivity contribution in [3.63, 3.8) is 0 Å². The molecule has 0 aliphatic carbocycles. The molecule has 28 heavy (non-hydrogen) atoms. The van der Waals surface area contributed by atoms with Gasteiger partial charge >= 0.3 is 0 Å². The number of rotatable bonds is 4. The summed E-state index contributed by atoms with van der Waals surface area (Å²) in [5.41, 5.74) is 4.39. The molecule has 2 N–H and O–H groups in total. The Bertz CT molecular complexity index is 1080. The number of hydrazone groups is 1. The van der Waals surface area contributed by atoms with Crippen LogP contribution >= 0.6 is 22.6 Å². The molecular formula is C21H14IN3O3. The SMILES string of the molecule is O=C1Nc2ccc(I)cc2/C1=N\NC(=O)c1ccc(Oc2ccccc2)cc1. The van der Waals surface area contributed by atoms with E-state index in [4.69, 9.17) is 4.74 Å². The zero-order valence-corrected chi connectivity index (χ0v) is 16.6. The third kappa shape index (κ3) is 3.89. The summed E-state index contributed by atoms with van der Waals surface area (Å²) in [6, 6.07) is 21.6. The van der Waals surface area contributed by atoms with E-state index in [1.807, 2.05) is 48.5 Å². The molecular weight excluding hydrogens is 469 g/mol. The maximum absolute atomic E-state index is 12.4. The number of ether oxygens (including phenoxy) is 1. The van der Waals surface area contributed by atoms with Gasteiger partial charge in [0.1, 0.15) is 11.5 Å². The van der Waals surface area contributed by atoms with Crippen LogP contribution < -0.4 is 15.5 Å². The third-order valence-corrected chi connectivity index (χ3v) is 4.74. The van der Waals surface area contributed by atoms with Gasteiger partial charge in [0.05, 0.1) is 5.69 Å². The Morgan fingerprint density at radius 2 is 1.68 bits per heavy atom. The predicted molar refractivity (Wildman–Crippen MR) is 115 cm³/mol. The van der Waals surface area contributed by atoms with Gasteiger partial charge in [-0.05, 0) is 77.2 Å². The molecule has 0 aromatic heterocycles. The van der Waals surface area contributed by atoms with Crippen molar-refractivity contribution in [2.75, 3.05) is 5.32 Å². The van der Waals surface area contributed by atoms with Crippen LogP contribution in [-0.4, -0.2) is 17.5 Å². The number of carbonyl (C=O) groups excluding carboxylic acids is 2. The average molecular weight is 483 g/mol. The monoisotopic (exact) mass is 483 g/mol. The highest BCUT2D eigenvalue weighted by atomic mass is 127. The molecule has 2 amide bonds. The molecule has 0 bridgehead atoms. The minimum Gasteiger partial charge on any atom is -0.457 e. The Morgan fingerprint density at radius 3 is 2.43 bits per heavy atom. The lowest BCUT2D eigenvalue weighted by Gasteiger charge is -2.06. The van der Waals surface area contributed by atoms with Crippen molar-refractivity contribution in [2.24, 2.45) is 5.10 Å². The van der Waals surface area contributed by atoms with Gasteiger partial charge in [0.15, 0.2) is 5.71 Å². The van der Waals surface area contributed by atoms with Crippen molar-refractivity contribution in [1.29, 1.82) is 0 Å². The van der Waals surface area contributed by atoms with Crippen LogP contribution in [0.1, 0.15) is 15.9 Å². The number of anilines is 1. The molecule has 0 radical (unpaired) electrons. The van der Waals surface area contributed by atoms with E-state index in [1.54, 1.807) is 24.3 Å². The number of para-hydroxylation sites is 1. The van der Waals surface area contributed by atoms with Gasteiger partial charge in [0.2, 0.25) is 0 Å². The van der Waals surface area contributed by atoms with Crippen molar-refractivity contribution in [3.05, 3.63) is 87.5 Å². The molecule has 1 aliphatic rings. The predicted octanol–water partition coefficient (Wildman–Crippen LogP) is 4.17. The van der Waals surface area contributed by atoms with E-state index in [0.29, 0.717) is 28.3 Å². The van der Waals surface area contributed by atoms with Gasteiger partial charge in [-0.15, -0.1) is 0 Å². The first-order valence-electron chi connectivity index (χ1n) is 8.42. The molecule has 0 fully saturated rings. The zero-order chi connectivity index (χ0) is 19.5. The topological polar surface area (TPSA) is 79.8 Å². The average Bonchev–Trinajstić information content (AvgIpc) is 3.02. The largest absolute Gasteiger partial charge is 0.457 e. The zero-order valence-electron chi connectivity index (χ0n) is 14.5. The number of hydrogen-bond donors (Lipinski definition) is 2. The van der Waals surface area contributed by atoms with Gasteiger partial charge < -0.3 is 10.1 Å². The van der Waals surface area contributed by atoms with Gasteiger partial charge in [0, 0.05) is 14.7 Å². The first-order valence-corrected chi connectivity index (χ1v) is 9.50. The van der Waals surface area contributed by atoms with Gasteiger partial charge in [-0.2, -0.15) is 5.10 Å². The van der Waals surface area contributed by atoms with Crippen LogP contribution in [0.5, 0.6) is 11.5 Å². The lowest BCUT2D eigenvalue weighted by atomic mass is 10.1. The van der Waals surface area contributed by atoms with Gasteiger partial charge in [-0.3, -0.25) is 9.59 Å². The second-order valence-corrected chi connectivity index (χ2v) is 7.23. The van der Waals surface area contributed by atoms with Crippen LogP contribution in [0.2, 0.25) is 0 Å². The Morgan fingerprint density at radius 1 is 0.964 bits per heavy atom. The third-order valence-electron chi connectivity index (χ3n) is 4.06. The summed E-state index contributed by atoms with van der Waals surface area (Å²) < 4.78 is 6.68. The van der Waals surface area contributed by atoms with E-state index in [9.17, 15) is 9.59 Å². The molecule has 3 aromatic rings. The maximum Gasteiger partial charge on any atom is 0.276 e. The summed E-state index contributed by atoms with van der Waals surface area (Å²) in [5.74, 6) is 0.578. The minimum absolute atomic E-state index is 0.186. The molecule has 7 heteroatoms. The van der Waals surface area contributed by atoms with E-state index < -0.39 is 5.91 Å². The van der Waals surface area contributed by atoms with Gasteiger partial charge in [-0.25, -0.2) is 5.43 Å². The molecule has 1 aliphatic heterocycles. The number of carbonyl (C=O) groups is 2. The molecule has 0 spiro atoms. The molecule has 1 heterocycles. The Labute approximate surface area is 174 Å². The lowest BCUT2D eigenvalue weighted by Crippen LogP contribution is -2.23. The second kappa shape index (κ2) is 7.81. The van der Waals surface area contributed by atoms with Gasteiger partial charge in [0.25, 0.3) is 11.8 Å². The minimum atomic E-state index is -0.411.